The number of amides is 2. The number of thioether (sulfide) groups is 1. The number of piperidine rings is 1. The van der Waals surface area contributed by atoms with Gasteiger partial charge in [0.1, 0.15) is 11.4 Å². The number of nitrogens with zero attached hydrogens (tertiary/aromatic N) is 1. The van der Waals surface area contributed by atoms with Gasteiger partial charge in [-0.3, -0.25) is 19.7 Å². The van der Waals surface area contributed by atoms with Crippen LogP contribution in [0.2, 0.25) is 0 Å². The van der Waals surface area contributed by atoms with Crippen LogP contribution in [0.4, 0.5) is 10.5 Å². The molecule has 0 bridgehead atoms. The molecule has 0 unspecified atom stereocenters. The predicted octanol–water partition coefficient (Wildman–Crippen LogP) is 4.75. The molecular weight excluding hydrogens is 428 g/mol. The third kappa shape index (κ3) is 6.51. The Morgan fingerprint density at radius 3 is 2.69 bits per heavy atom. The van der Waals surface area contributed by atoms with Crippen LogP contribution >= 0.6 is 11.8 Å². The van der Waals surface area contributed by atoms with E-state index in [2.05, 4.69) is 10.2 Å². The molecule has 1 atom stereocenters. The summed E-state index contributed by atoms with van der Waals surface area (Å²) in [6, 6.07) is 5.72. The maximum absolute atomic E-state index is 12.4. The number of anilines is 1. The molecule has 2 aliphatic rings. The Kier molecular flexibility index (Phi) is 7.54. The van der Waals surface area contributed by atoms with E-state index in [-0.39, 0.29) is 29.1 Å². The van der Waals surface area contributed by atoms with Crippen LogP contribution in [-0.2, 0) is 14.3 Å². The molecule has 7 nitrogen and oxygen atoms in total. The first-order valence-corrected chi connectivity index (χ1v) is 11.8. The van der Waals surface area contributed by atoms with Crippen LogP contribution in [0.5, 0.6) is 5.75 Å². The summed E-state index contributed by atoms with van der Waals surface area (Å²) in [5.74, 6) is 0.317. The monoisotopic (exact) mass is 460 g/mol. The van der Waals surface area contributed by atoms with Crippen LogP contribution in [0, 0.1) is 5.92 Å². The van der Waals surface area contributed by atoms with Crippen molar-refractivity contribution in [2.75, 3.05) is 18.0 Å². The highest BCUT2D eigenvalue weighted by Crippen LogP contribution is 2.39. The lowest BCUT2D eigenvalue weighted by atomic mass is 9.93. The number of esters is 1. The van der Waals surface area contributed by atoms with Crippen molar-refractivity contribution in [3.05, 3.63) is 28.7 Å². The highest BCUT2D eigenvalue weighted by atomic mass is 32.2. The second-order valence-corrected chi connectivity index (χ2v) is 10.5. The Balaban J connectivity index is 1.89. The van der Waals surface area contributed by atoms with E-state index in [1.54, 1.807) is 6.08 Å². The first kappa shape index (κ1) is 24.2. The van der Waals surface area contributed by atoms with Crippen LogP contribution in [-0.4, -0.2) is 41.9 Å². The number of hydrogen-bond acceptors (Lipinski definition) is 7. The lowest BCUT2D eigenvalue weighted by Crippen LogP contribution is -2.38. The summed E-state index contributed by atoms with van der Waals surface area (Å²) in [4.78, 5) is 38.7. The molecule has 8 heteroatoms. The lowest BCUT2D eigenvalue weighted by molar-refractivity contribution is -0.156. The standard InChI is InChI=1S/C24H32N2O5S/c1-15(2)30-18-10-6-9-17(13-19-22(28)25-23(29)32-19)21(18)26-11-7-8-16(14-26)12-20(27)31-24(3,4)5/h6,9-10,13,15-16H,7-8,11-12,14H2,1-5H3,(H,25,28,29)/b19-13-/t16-/m0/s1. The Hall–Kier alpha value is -2.48. The van der Waals surface area contributed by atoms with E-state index in [4.69, 9.17) is 9.47 Å². The van der Waals surface area contributed by atoms with E-state index in [1.807, 2.05) is 52.8 Å². The van der Waals surface area contributed by atoms with Gasteiger partial charge in [-0.15, -0.1) is 0 Å². The summed E-state index contributed by atoms with van der Waals surface area (Å²) in [5.41, 5.74) is 1.20. The molecule has 174 valence electrons. The van der Waals surface area contributed by atoms with E-state index in [0.29, 0.717) is 17.9 Å². The smallest absolute Gasteiger partial charge is 0.306 e. The summed E-state index contributed by atoms with van der Waals surface area (Å²) in [5, 5.41) is 1.93. The average molecular weight is 461 g/mol. The van der Waals surface area contributed by atoms with E-state index in [9.17, 15) is 14.4 Å². The predicted molar refractivity (Wildman–Crippen MR) is 127 cm³/mol. The second-order valence-electron chi connectivity index (χ2n) is 9.46. The molecule has 0 spiro atoms. The molecule has 1 aromatic rings. The van der Waals surface area contributed by atoms with Crippen molar-refractivity contribution in [1.82, 2.24) is 5.32 Å². The van der Waals surface area contributed by atoms with Gasteiger partial charge in [-0.2, -0.15) is 0 Å². The van der Waals surface area contributed by atoms with Crippen LogP contribution in [0.15, 0.2) is 23.1 Å². The molecule has 0 aromatic heterocycles. The fourth-order valence-corrected chi connectivity index (χ4v) is 4.63. The highest BCUT2D eigenvalue weighted by molar-refractivity contribution is 8.18. The molecule has 2 amide bonds. The molecule has 2 aliphatic heterocycles. The number of benzene rings is 1. The summed E-state index contributed by atoms with van der Waals surface area (Å²) < 4.78 is 11.6. The second kappa shape index (κ2) is 9.98. The van der Waals surface area contributed by atoms with Gasteiger partial charge in [0, 0.05) is 18.7 Å². The van der Waals surface area contributed by atoms with Gasteiger partial charge < -0.3 is 14.4 Å². The van der Waals surface area contributed by atoms with Gasteiger partial charge in [0.25, 0.3) is 11.1 Å². The Morgan fingerprint density at radius 2 is 2.06 bits per heavy atom. The minimum Gasteiger partial charge on any atom is -0.489 e. The summed E-state index contributed by atoms with van der Waals surface area (Å²) >= 11 is 0.899. The van der Waals surface area contributed by atoms with Gasteiger partial charge in [-0.25, -0.2) is 0 Å². The molecule has 32 heavy (non-hydrogen) atoms. The number of rotatable bonds is 6. The van der Waals surface area contributed by atoms with Crippen molar-refractivity contribution in [3.8, 4) is 5.75 Å². The first-order chi connectivity index (χ1) is 15.0. The van der Waals surface area contributed by atoms with E-state index in [1.165, 1.54) is 0 Å². The molecule has 1 N–H and O–H groups in total. The zero-order chi connectivity index (χ0) is 23.5. The number of carbonyl (C=O) groups is 3. The van der Waals surface area contributed by atoms with Crippen molar-refractivity contribution >= 4 is 40.6 Å². The molecule has 3 rings (SSSR count). The Bertz CT molecular complexity index is 919. The Morgan fingerprint density at radius 1 is 1.31 bits per heavy atom. The van der Waals surface area contributed by atoms with Crippen LogP contribution in [0.25, 0.3) is 6.08 Å². The fourth-order valence-electron chi connectivity index (χ4n) is 3.96. The number of imide groups is 1. The SMILES string of the molecule is CC(C)Oc1cccc(/C=C2\SC(=O)NC2=O)c1N1CCC[C@@H](CC(=O)OC(C)(C)C)C1. The van der Waals surface area contributed by atoms with Gasteiger partial charge in [-0.1, -0.05) is 12.1 Å². The molecule has 2 heterocycles. The third-order valence-electron chi connectivity index (χ3n) is 5.03. The van der Waals surface area contributed by atoms with E-state index < -0.39 is 5.60 Å². The van der Waals surface area contributed by atoms with E-state index in [0.717, 1.165) is 48.1 Å². The normalized spacial score (nSPS) is 20.6. The Labute approximate surface area is 193 Å². The molecule has 0 saturated carbocycles. The van der Waals surface area contributed by atoms with Crippen molar-refractivity contribution in [1.29, 1.82) is 0 Å². The van der Waals surface area contributed by atoms with Crippen LogP contribution in [0.3, 0.4) is 0 Å². The molecule has 2 saturated heterocycles. The largest absolute Gasteiger partial charge is 0.489 e. The van der Waals surface area contributed by atoms with Crippen molar-refractivity contribution in [3.63, 3.8) is 0 Å². The quantitative estimate of drug-likeness (QED) is 0.484. The molecule has 0 radical (unpaired) electrons. The van der Waals surface area contributed by atoms with E-state index >= 15 is 0 Å². The first-order valence-electron chi connectivity index (χ1n) is 11.0. The topological polar surface area (TPSA) is 84.9 Å². The summed E-state index contributed by atoms with van der Waals surface area (Å²) in [7, 11) is 0. The maximum atomic E-state index is 12.4. The zero-order valence-corrected chi connectivity index (χ0v) is 20.2. The number of hydrogen-bond donors (Lipinski definition) is 1. The number of nitrogens with one attached hydrogen (secondary N) is 1. The lowest BCUT2D eigenvalue weighted by Gasteiger charge is -2.36. The number of carbonyl (C=O) groups excluding carboxylic acids is 3. The average Bonchev–Trinajstić information content (AvgIpc) is 2.97. The van der Waals surface area contributed by atoms with Gasteiger partial charge in [-0.05, 0) is 77.3 Å². The minimum absolute atomic E-state index is 0.0234. The van der Waals surface area contributed by atoms with Crippen molar-refractivity contribution < 1.29 is 23.9 Å². The maximum Gasteiger partial charge on any atom is 0.306 e. The summed E-state index contributed by atoms with van der Waals surface area (Å²) in [6.07, 6.45) is 3.97. The highest BCUT2D eigenvalue weighted by Gasteiger charge is 2.29. The fraction of sp³-hybridized carbons (Fsp3) is 0.542. The van der Waals surface area contributed by atoms with Gasteiger partial charge in [0.2, 0.25) is 0 Å². The van der Waals surface area contributed by atoms with Crippen molar-refractivity contribution in [2.24, 2.45) is 5.92 Å². The van der Waals surface area contributed by atoms with Crippen LogP contribution < -0.4 is 15.0 Å². The molecular formula is C24H32N2O5S. The number of ether oxygens (including phenoxy) is 2. The molecule has 1 aromatic carbocycles. The number of para-hydroxylation sites is 1. The van der Waals surface area contributed by atoms with Gasteiger partial charge in [0.05, 0.1) is 23.1 Å². The van der Waals surface area contributed by atoms with Gasteiger partial charge in [0.15, 0.2) is 0 Å². The molecule has 0 aliphatic carbocycles. The van der Waals surface area contributed by atoms with Crippen LogP contribution in [0.1, 0.15) is 59.4 Å². The minimum atomic E-state index is -0.501. The summed E-state index contributed by atoms with van der Waals surface area (Å²) in [6.45, 7) is 11.1. The van der Waals surface area contributed by atoms with Crippen molar-refractivity contribution in [2.45, 2.75) is 65.6 Å². The third-order valence-corrected chi connectivity index (χ3v) is 5.84. The zero-order valence-electron chi connectivity index (χ0n) is 19.4. The van der Waals surface area contributed by atoms with Gasteiger partial charge >= 0.3 is 5.97 Å². The molecule has 2 fully saturated rings.